The van der Waals surface area contributed by atoms with E-state index in [9.17, 15) is 0 Å². The second-order valence-corrected chi connectivity index (χ2v) is 9.42. The van der Waals surface area contributed by atoms with Crippen molar-refractivity contribution in [3.63, 3.8) is 0 Å². The summed E-state index contributed by atoms with van der Waals surface area (Å²) in [7, 11) is 1.71. The monoisotopic (exact) mass is 504 g/mol. The minimum Gasteiger partial charge on any atom is -0.497 e. The molecule has 0 unspecified atom stereocenters. The van der Waals surface area contributed by atoms with Gasteiger partial charge in [0.05, 0.1) is 24.0 Å². The van der Waals surface area contributed by atoms with Gasteiger partial charge in [-0.15, -0.1) is 36.2 Å². The third-order valence-electron chi connectivity index (χ3n) is 5.97. The fourth-order valence-electron chi connectivity index (χ4n) is 4.33. The van der Waals surface area contributed by atoms with Crippen LogP contribution in [0.25, 0.3) is 0 Å². The number of anilines is 2. The van der Waals surface area contributed by atoms with E-state index in [-0.39, 0.29) is 24.8 Å². The van der Waals surface area contributed by atoms with Gasteiger partial charge < -0.3 is 20.3 Å². The van der Waals surface area contributed by atoms with Crippen molar-refractivity contribution in [1.82, 2.24) is 10.2 Å². The lowest BCUT2D eigenvalue weighted by atomic mass is 10.0. The molecular formula is C25H30Cl2N4OS. The predicted octanol–water partition coefficient (Wildman–Crippen LogP) is 5.95. The number of nitrogens with zero attached hydrogens (tertiary/aromatic N) is 2. The molecule has 2 aliphatic rings. The maximum absolute atomic E-state index is 5.27. The van der Waals surface area contributed by atoms with Crippen LogP contribution in [0.2, 0.25) is 0 Å². The summed E-state index contributed by atoms with van der Waals surface area (Å²) in [6.07, 6.45) is 2.15. The normalized spacial score (nSPS) is 16.7. The zero-order valence-electron chi connectivity index (χ0n) is 18.8. The van der Waals surface area contributed by atoms with Crippen LogP contribution in [0.15, 0.2) is 59.6 Å². The van der Waals surface area contributed by atoms with Gasteiger partial charge in [0.1, 0.15) is 16.6 Å². The summed E-state index contributed by atoms with van der Waals surface area (Å²) in [5.74, 6) is 2.00. The average molecular weight is 506 g/mol. The van der Waals surface area contributed by atoms with Crippen molar-refractivity contribution in [3.8, 4) is 5.75 Å². The van der Waals surface area contributed by atoms with E-state index in [1.807, 2.05) is 12.1 Å². The fourth-order valence-corrected chi connectivity index (χ4v) is 5.25. The van der Waals surface area contributed by atoms with Gasteiger partial charge in [-0.25, -0.2) is 4.99 Å². The second kappa shape index (κ2) is 11.3. The predicted molar refractivity (Wildman–Crippen MR) is 144 cm³/mol. The molecule has 5 nitrogen and oxygen atoms in total. The highest BCUT2D eigenvalue weighted by Gasteiger charge is 2.27. The molecule has 0 spiro atoms. The van der Waals surface area contributed by atoms with Gasteiger partial charge >= 0.3 is 0 Å². The van der Waals surface area contributed by atoms with Gasteiger partial charge in [-0.05, 0) is 55.7 Å². The fraction of sp³-hybridized carbons (Fsp3) is 0.320. The number of piperazine rings is 1. The molecule has 3 aromatic rings. The van der Waals surface area contributed by atoms with E-state index in [1.54, 1.807) is 18.4 Å². The van der Waals surface area contributed by atoms with E-state index in [2.05, 4.69) is 64.9 Å². The topological polar surface area (TPSA) is 48.9 Å². The molecular weight excluding hydrogens is 475 g/mol. The Bertz CT molecular complexity index is 1100. The highest BCUT2D eigenvalue weighted by molar-refractivity contribution is 7.16. The summed E-state index contributed by atoms with van der Waals surface area (Å²) in [6.45, 7) is 5.07. The van der Waals surface area contributed by atoms with Crippen LogP contribution in [0, 0.1) is 6.92 Å². The number of hydrogen-bond donors (Lipinski definition) is 2. The van der Waals surface area contributed by atoms with Crippen LogP contribution in [-0.4, -0.2) is 43.5 Å². The number of thiophene rings is 1. The number of fused-ring (bicyclic) bond motifs is 2. The summed E-state index contributed by atoms with van der Waals surface area (Å²) in [4.78, 5) is 8.90. The lowest BCUT2D eigenvalue weighted by Crippen LogP contribution is -2.52. The van der Waals surface area contributed by atoms with Crippen molar-refractivity contribution in [3.05, 3.63) is 70.6 Å². The molecule has 2 aliphatic heterocycles. The Balaban J connectivity index is 0.00000153. The molecule has 0 amide bonds. The van der Waals surface area contributed by atoms with Gasteiger partial charge in [0.15, 0.2) is 0 Å². The summed E-state index contributed by atoms with van der Waals surface area (Å²) >= 11 is 1.80. The van der Waals surface area contributed by atoms with E-state index >= 15 is 0 Å². The number of benzene rings is 2. The maximum atomic E-state index is 5.27. The third kappa shape index (κ3) is 5.64. The van der Waals surface area contributed by atoms with Crippen molar-refractivity contribution >= 4 is 58.4 Å². The summed E-state index contributed by atoms with van der Waals surface area (Å²) in [6, 6.07) is 19.4. The molecule has 1 saturated heterocycles. The van der Waals surface area contributed by atoms with Crippen molar-refractivity contribution < 1.29 is 4.74 Å². The Morgan fingerprint density at radius 2 is 1.91 bits per heavy atom. The van der Waals surface area contributed by atoms with E-state index in [0.29, 0.717) is 6.04 Å². The first kappa shape index (κ1) is 25.4. The van der Waals surface area contributed by atoms with Gasteiger partial charge in [0.25, 0.3) is 0 Å². The smallest absolute Gasteiger partial charge is 0.139 e. The standard InChI is InChI=1S/C25H28N4OS.2ClH/c1-17-15-21-24(27-22-5-3-4-6-23(22)28-25(21)31-17)29-14-13-26-19(16-29)10-7-18-8-11-20(30-2)12-9-18;;/h3-6,8-9,11-12,15,19,26,28H,7,10,13-14,16H2,1-2H3;2*1H/t19-;;/m0../s1. The van der Waals surface area contributed by atoms with Gasteiger partial charge in [-0.3, -0.25) is 0 Å². The average Bonchev–Trinajstić information content (AvgIpc) is 3.09. The molecule has 1 atom stereocenters. The van der Waals surface area contributed by atoms with Gasteiger partial charge in [-0.1, -0.05) is 24.3 Å². The van der Waals surface area contributed by atoms with Crippen molar-refractivity contribution in [1.29, 1.82) is 0 Å². The molecule has 176 valence electrons. The van der Waals surface area contributed by atoms with Gasteiger partial charge in [0.2, 0.25) is 0 Å². The Morgan fingerprint density at radius 1 is 1.12 bits per heavy atom. The zero-order chi connectivity index (χ0) is 21.2. The number of methoxy groups -OCH3 is 1. The van der Waals surface area contributed by atoms with E-state index in [1.165, 1.54) is 21.0 Å². The van der Waals surface area contributed by atoms with Crippen LogP contribution in [0.5, 0.6) is 5.75 Å². The zero-order valence-corrected chi connectivity index (χ0v) is 21.3. The minimum atomic E-state index is 0. The number of para-hydroxylation sites is 2. The third-order valence-corrected chi connectivity index (χ3v) is 6.94. The van der Waals surface area contributed by atoms with Crippen LogP contribution in [0.1, 0.15) is 22.4 Å². The Hall–Kier alpha value is -2.25. The number of rotatable bonds is 4. The van der Waals surface area contributed by atoms with Crippen LogP contribution in [-0.2, 0) is 6.42 Å². The molecule has 0 aliphatic carbocycles. The highest BCUT2D eigenvalue weighted by Crippen LogP contribution is 2.39. The number of amidine groups is 1. The summed E-state index contributed by atoms with van der Waals surface area (Å²) in [5, 5.41) is 8.51. The highest BCUT2D eigenvalue weighted by atomic mass is 35.5. The molecule has 1 fully saturated rings. The Morgan fingerprint density at radius 3 is 2.70 bits per heavy atom. The van der Waals surface area contributed by atoms with Crippen molar-refractivity contribution in [2.45, 2.75) is 25.8 Å². The number of halogens is 2. The van der Waals surface area contributed by atoms with Crippen LogP contribution in [0.4, 0.5) is 16.4 Å². The molecule has 3 heterocycles. The molecule has 2 aromatic carbocycles. The number of aryl methyl sites for hydroxylation is 2. The SMILES string of the molecule is COc1ccc(CC[C@H]2CN(C3=Nc4ccccc4Nc4sc(C)cc43)CCN2)cc1.Cl.Cl. The number of aliphatic imine (C=N–C) groups is 1. The first-order chi connectivity index (χ1) is 15.2. The molecule has 1 aromatic heterocycles. The molecule has 8 heteroatoms. The quantitative estimate of drug-likeness (QED) is 0.460. The molecule has 0 radical (unpaired) electrons. The lowest BCUT2D eigenvalue weighted by molar-refractivity contribution is 0.282. The lowest BCUT2D eigenvalue weighted by Gasteiger charge is -2.36. The summed E-state index contributed by atoms with van der Waals surface area (Å²) in [5.41, 5.74) is 4.65. The van der Waals surface area contributed by atoms with Crippen molar-refractivity contribution in [2.75, 3.05) is 32.1 Å². The largest absolute Gasteiger partial charge is 0.497 e. The van der Waals surface area contributed by atoms with Crippen LogP contribution >= 0.6 is 36.2 Å². The minimum absolute atomic E-state index is 0. The Kier molecular flexibility index (Phi) is 8.65. The number of hydrogen-bond acceptors (Lipinski definition) is 6. The van der Waals surface area contributed by atoms with E-state index in [4.69, 9.17) is 9.73 Å². The molecule has 5 rings (SSSR count). The first-order valence-corrected chi connectivity index (χ1v) is 11.7. The maximum Gasteiger partial charge on any atom is 0.139 e. The molecule has 33 heavy (non-hydrogen) atoms. The second-order valence-electron chi connectivity index (χ2n) is 8.16. The number of nitrogens with one attached hydrogen (secondary N) is 2. The number of ether oxygens (including phenoxy) is 1. The van der Waals surface area contributed by atoms with Gasteiger partial charge in [0, 0.05) is 30.6 Å². The molecule has 2 N–H and O–H groups in total. The first-order valence-electron chi connectivity index (χ1n) is 10.9. The summed E-state index contributed by atoms with van der Waals surface area (Å²) < 4.78 is 5.27. The van der Waals surface area contributed by atoms with Crippen LogP contribution in [0.3, 0.4) is 0 Å². The Labute approximate surface area is 212 Å². The van der Waals surface area contributed by atoms with E-state index in [0.717, 1.165) is 55.4 Å². The van der Waals surface area contributed by atoms with E-state index < -0.39 is 0 Å². The van der Waals surface area contributed by atoms with Crippen molar-refractivity contribution in [2.24, 2.45) is 4.99 Å². The van der Waals surface area contributed by atoms with Crippen LogP contribution < -0.4 is 15.4 Å². The molecule has 0 bridgehead atoms. The molecule has 0 saturated carbocycles. The van der Waals surface area contributed by atoms with Gasteiger partial charge in [-0.2, -0.15) is 0 Å².